The number of hydrogen-bond acceptors (Lipinski definition) is 6. The maximum absolute atomic E-state index is 13.4. The van der Waals surface area contributed by atoms with Gasteiger partial charge in [0.1, 0.15) is 0 Å². The number of benzene rings is 2. The van der Waals surface area contributed by atoms with Gasteiger partial charge < -0.3 is 0 Å². The van der Waals surface area contributed by atoms with Crippen molar-refractivity contribution in [3.8, 4) is 0 Å². The number of anilines is 1. The van der Waals surface area contributed by atoms with Crippen molar-refractivity contribution in [2.45, 2.75) is 38.5 Å². The van der Waals surface area contributed by atoms with E-state index in [1.807, 2.05) is 30.3 Å². The van der Waals surface area contributed by atoms with Gasteiger partial charge in [-0.15, -0.1) is 0 Å². The second-order valence-corrected chi connectivity index (χ2v) is 7.62. The fraction of sp³-hybridized carbons (Fsp3) is 0.333. The highest BCUT2D eigenvalue weighted by Gasteiger charge is 2.51. The summed E-state index contributed by atoms with van der Waals surface area (Å²) in [5.74, 6) is -0.104. The Hall–Kier alpha value is -3.62. The van der Waals surface area contributed by atoms with Crippen LogP contribution in [0.25, 0.3) is 0 Å². The van der Waals surface area contributed by atoms with Crippen molar-refractivity contribution in [3.63, 3.8) is 0 Å². The van der Waals surface area contributed by atoms with Crippen molar-refractivity contribution >= 4 is 28.7 Å². The minimum atomic E-state index is -0.774. The Morgan fingerprint density at radius 2 is 1.80 bits per heavy atom. The van der Waals surface area contributed by atoms with E-state index in [1.165, 1.54) is 17.1 Å². The summed E-state index contributed by atoms with van der Waals surface area (Å²) in [6.45, 7) is 0. The number of nitrogens with zero attached hydrogens (tertiary/aromatic N) is 4. The molecular weight excluding hydrogens is 388 g/mol. The van der Waals surface area contributed by atoms with Gasteiger partial charge in [0.25, 0.3) is 17.3 Å². The monoisotopic (exact) mass is 408 g/mol. The summed E-state index contributed by atoms with van der Waals surface area (Å²) in [7, 11) is 0. The topological polar surface area (TPSA) is 119 Å². The van der Waals surface area contributed by atoms with E-state index in [9.17, 15) is 25.0 Å². The first-order chi connectivity index (χ1) is 14.4. The molecule has 0 saturated heterocycles. The van der Waals surface area contributed by atoms with Crippen LogP contribution in [0.15, 0.2) is 53.6 Å². The zero-order chi connectivity index (χ0) is 21.3. The first-order valence-electron chi connectivity index (χ1n) is 9.82. The molecule has 1 aliphatic carbocycles. The molecule has 0 N–H and O–H groups in total. The van der Waals surface area contributed by atoms with Gasteiger partial charge in [-0.1, -0.05) is 24.6 Å². The first kappa shape index (κ1) is 19.7. The van der Waals surface area contributed by atoms with E-state index in [1.54, 1.807) is 0 Å². The number of hydrogen-bond donors (Lipinski definition) is 0. The van der Waals surface area contributed by atoms with Crippen LogP contribution in [-0.4, -0.2) is 21.5 Å². The van der Waals surface area contributed by atoms with Crippen LogP contribution in [-0.2, 0) is 11.2 Å². The summed E-state index contributed by atoms with van der Waals surface area (Å²) in [4.78, 5) is 34.6. The molecule has 0 aromatic heterocycles. The lowest BCUT2D eigenvalue weighted by Crippen LogP contribution is -2.42. The average Bonchev–Trinajstić information content (AvgIpc) is 3.05. The number of carbonyl (C=O) groups excluding carboxylic acids is 1. The van der Waals surface area contributed by atoms with E-state index < -0.39 is 15.3 Å². The highest BCUT2D eigenvalue weighted by atomic mass is 16.6. The minimum Gasteiger partial charge on any atom is -0.271 e. The van der Waals surface area contributed by atoms with Gasteiger partial charge in [-0.3, -0.25) is 25.0 Å². The quantitative estimate of drug-likeness (QED) is 0.518. The van der Waals surface area contributed by atoms with Crippen LogP contribution in [0.5, 0.6) is 0 Å². The zero-order valence-corrected chi connectivity index (χ0v) is 16.2. The molecule has 0 bridgehead atoms. The number of aryl methyl sites for hydroxylation is 1. The first-order valence-corrected chi connectivity index (χ1v) is 9.82. The smallest absolute Gasteiger partial charge is 0.271 e. The number of rotatable bonds is 6. The number of hydrazone groups is 1. The lowest BCUT2D eigenvalue weighted by Gasteiger charge is -2.32. The summed E-state index contributed by atoms with van der Waals surface area (Å²) >= 11 is 0. The van der Waals surface area contributed by atoms with Crippen molar-refractivity contribution in [2.75, 3.05) is 5.01 Å². The Morgan fingerprint density at radius 3 is 2.50 bits per heavy atom. The number of non-ortho nitro benzene ring substituents is 1. The Labute approximate surface area is 172 Å². The van der Waals surface area contributed by atoms with Crippen LogP contribution >= 0.6 is 0 Å². The summed E-state index contributed by atoms with van der Waals surface area (Å²) in [5, 5.41) is 28.5. The number of para-hydroxylation sites is 1. The molecule has 0 spiro atoms. The van der Waals surface area contributed by atoms with Gasteiger partial charge in [0, 0.05) is 11.6 Å². The molecule has 2 aromatic rings. The summed E-state index contributed by atoms with van der Waals surface area (Å²) in [5.41, 5.74) is 0.521. The molecule has 154 valence electrons. The molecule has 2 aliphatic rings. The van der Waals surface area contributed by atoms with Crippen LogP contribution < -0.4 is 5.01 Å². The molecule has 1 atom stereocenters. The number of nitro benzene ring substituents is 2. The van der Waals surface area contributed by atoms with Gasteiger partial charge in [-0.05, 0) is 50.3 Å². The van der Waals surface area contributed by atoms with Crippen LogP contribution in [0, 0.1) is 25.6 Å². The molecule has 30 heavy (non-hydrogen) atoms. The number of nitro groups is 2. The maximum atomic E-state index is 13.4. The molecule has 1 aliphatic heterocycles. The highest BCUT2D eigenvalue weighted by Crippen LogP contribution is 2.45. The minimum absolute atomic E-state index is 0.104. The van der Waals surface area contributed by atoms with E-state index in [0.29, 0.717) is 24.1 Å². The summed E-state index contributed by atoms with van der Waals surface area (Å²) in [6.07, 6.45) is 3.85. The molecule has 1 saturated carbocycles. The molecule has 1 amide bonds. The highest BCUT2D eigenvalue weighted by molar-refractivity contribution is 6.19. The molecular formula is C21H20N4O5. The van der Waals surface area contributed by atoms with Gasteiger partial charge >= 0.3 is 0 Å². The normalized spacial score (nSPS) is 20.6. The van der Waals surface area contributed by atoms with Crippen LogP contribution in [0.3, 0.4) is 0 Å². The van der Waals surface area contributed by atoms with E-state index in [4.69, 9.17) is 0 Å². The van der Waals surface area contributed by atoms with Gasteiger partial charge in [0.2, 0.25) is 0 Å². The number of fused-ring (bicyclic) bond motifs is 1. The van der Waals surface area contributed by atoms with Crippen molar-refractivity contribution in [3.05, 3.63) is 74.3 Å². The Balaban J connectivity index is 1.64. The molecule has 9 heteroatoms. The van der Waals surface area contributed by atoms with E-state index >= 15 is 0 Å². The molecule has 0 unspecified atom stereocenters. The SMILES string of the molecule is O=C1N(c2ccccc2)N=C2CCCC[C@]12CCc1ccc([N+](=O)[O-])cc1[N+](=O)[O-]. The molecule has 1 heterocycles. The molecule has 4 rings (SSSR count). The summed E-state index contributed by atoms with van der Waals surface area (Å²) < 4.78 is 0. The predicted molar refractivity (Wildman–Crippen MR) is 110 cm³/mol. The Kier molecular flexibility index (Phi) is 5.03. The van der Waals surface area contributed by atoms with Crippen LogP contribution in [0.1, 0.15) is 37.7 Å². The standard InChI is InChI=1S/C21H20N4O5/c26-20-21(13-11-15-9-10-17(24(27)28)14-18(15)25(29)30)12-5-4-8-19(21)22-23(20)16-6-2-1-3-7-16/h1-3,6-7,9-10,14H,4-5,8,11-13H2/t21-/m1/s1. The molecule has 2 aromatic carbocycles. The number of amides is 1. The zero-order valence-electron chi connectivity index (χ0n) is 16.2. The van der Waals surface area contributed by atoms with Gasteiger partial charge in [-0.25, -0.2) is 0 Å². The van der Waals surface area contributed by atoms with Crippen molar-refractivity contribution in [1.82, 2.24) is 0 Å². The third-order valence-electron chi connectivity index (χ3n) is 5.94. The lowest BCUT2D eigenvalue weighted by atomic mass is 9.69. The van der Waals surface area contributed by atoms with E-state index in [0.717, 1.165) is 31.0 Å². The van der Waals surface area contributed by atoms with E-state index in [2.05, 4.69) is 5.10 Å². The molecule has 9 nitrogen and oxygen atoms in total. The van der Waals surface area contributed by atoms with E-state index in [-0.39, 0.29) is 23.7 Å². The van der Waals surface area contributed by atoms with Gasteiger partial charge in [-0.2, -0.15) is 10.1 Å². The van der Waals surface area contributed by atoms with Crippen LogP contribution in [0.2, 0.25) is 0 Å². The maximum Gasteiger partial charge on any atom is 0.279 e. The lowest BCUT2D eigenvalue weighted by molar-refractivity contribution is -0.394. The van der Waals surface area contributed by atoms with Crippen molar-refractivity contribution in [1.29, 1.82) is 0 Å². The Morgan fingerprint density at radius 1 is 1.03 bits per heavy atom. The average molecular weight is 408 g/mol. The van der Waals surface area contributed by atoms with Crippen molar-refractivity contribution < 1.29 is 14.6 Å². The van der Waals surface area contributed by atoms with Crippen LogP contribution in [0.4, 0.5) is 17.1 Å². The summed E-state index contributed by atoms with van der Waals surface area (Å²) in [6, 6.07) is 12.9. The molecule has 0 radical (unpaired) electrons. The second-order valence-electron chi connectivity index (χ2n) is 7.62. The number of carbonyl (C=O) groups is 1. The predicted octanol–water partition coefficient (Wildman–Crippen LogP) is 4.40. The van der Waals surface area contributed by atoms with Crippen molar-refractivity contribution in [2.24, 2.45) is 10.5 Å². The van der Waals surface area contributed by atoms with Gasteiger partial charge in [0.05, 0.1) is 32.7 Å². The third kappa shape index (κ3) is 3.32. The largest absolute Gasteiger partial charge is 0.279 e. The Bertz CT molecular complexity index is 1050. The van der Waals surface area contributed by atoms with Gasteiger partial charge in [0.15, 0.2) is 0 Å². The molecule has 1 fully saturated rings. The second kappa shape index (κ2) is 7.66. The fourth-order valence-corrected chi connectivity index (χ4v) is 4.36. The fourth-order valence-electron chi connectivity index (χ4n) is 4.36. The third-order valence-corrected chi connectivity index (χ3v) is 5.94.